The Balaban J connectivity index is 1.61. The van der Waals surface area contributed by atoms with Crippen molar-refractivity contribution in [2.45, 2.75) is 57.3 Å². The van der Waals surface area contributed by atoms with Crippen LogP contribution in [0.25, 0.3) is 11.0 Å². The number of aryl methyl sites for hydroxylation is 1. The van der Waals surface area contributed by atoms with E-state index in [0.717, 1.165) is 23.5 Å². The second-order valence-corrected chi connectivity index (χ2v) is 8.63. The van der Waals surface area contributed by atoms with Gasteiger partial charge in [-0.2, -0.15) is 0 Å². The molecule has 0 radical (unpaired) electrons. The highest BCUT2D eigenvalue weighted by molar-refractivity contribution is 5.83. The number of nitrogens with one attached hydrogen (secondary N) is 2. The third-order valence-corrected chi connectivity index (χ3v) is 5.88. The van der Waals surface area contributed by atoms with Crippen molar-refractivity contribution in [1.82, 2.24) is 15.3 Å². The number of H-pyrrole nitrogens is 1. The van der Waals surface area contributed by atoms with Gasteiger partial charge in [-0.3, -0.25) is 9.59 Å². The summed E-state index contributed by atoms with van der Waals surface area (Å²) in [6.45, 7) is 1.29. The molecule has 5 N–H and O–H groups in total. The highest BCUT2D eigenvalue weighted by atomic mass is 19.1. The van der Waals surface area contributed by atoms with E-state index in [0.29, 0.717) is 18.7 Å². The number of primary amides is 1. The summed E-state index contributed by atoms with van der Waals surface area (Å²) in [5.41, 5.74) is 5.68. The number of aromatic amines is 1. The number of para-hydroxylation sites is 2. The fourth-order valence-corrected chi connectivity index (χ4v) is 3.75. The minimum absolute atomic E-state index is 0.0876. The molecule has 2 amide bonds. The number of hydrogen-bond acceptors (Lipinski definition) is 4. The largest absolute Gasteiger partial charge is 0.393 e. The zero-order valence-electron chi connectivity index (χ0n) is 18.8. The molecule has 1 aromatic heterocycles. The number of rotatable bonds is 12. The maximum Gasteiger partial charge on any atom is 0.254 e. The summed E-state index contributed by atoms with van der Waals surface area (Å²) in [7, 11) is 0. The van der Waals surface area contributed by atoms with E-state index in [9.17, 15) is 19.1 Å². The lowest BCUT2D eigenvalue weighted by Crippen LogP contribution is -2.39. The van der Waals surface area contributed by atoms with Crippen LogP contribution in [0.15, 0.2) is 54.6 Å². The number of halogens is 1. The molecule has 2 aromatic carbocycles. The number of nitrogens with zero attached hydrogens (tertiary/aromatic N) is 1. The normalized spacial score (nSPS) is 15.0. The standard InChI is InChI=1S/C25H31FN4O3/c1-25(26,24(27)33)14-13-18(15-19(31)12-11-17-7-3-2-4-8-17)23(32)28-16-22-29-20-9-5-6-10-21(20)30-22/h2-10,18-19,31H,11-16H2,1H3,(H2,27,33)(H,28,32)(H,29,30)/t18-,19+,25?/m1/s1. The fourth-order valence-electron chi connectivity index (χ4n) is 3.75. The minimum atomic E-state index is -2.22. The number of aliphatic hydroxyl groups excluding tert-OH is 1. The van der Waals surface area contributed by atoms with Crippen LogP contribution in [0.1, 0.15) is 44.0 Å². The lowest BCUT2D eigenvalue weighted by Gasteiger charge is -2.23. The van der Waals surface area contributed by atoms with Gasteiger partial charge < -0.3 is 21.1 Å². The van der Waals surface area contributed by atoms with Gasteiger partial charge in [0.15, 0.2) is 5.67 Å². The van der Waals surface area contributed by atoms with Crippen molar-refractivity contribution in [3.63, 3.8) is 0 Å². The number of fused-ring (bicyclic) bond motifs is 1. The van der Waals surface area contributed by atoms with Crippen LogP contribution in [0.4, 0.5) is 4.39 Å². The number of carbonyl (C=O) groups excluding carboxylic acids is 2. The number of amides is 2. The average Bonchev–Trinajstić information content (AvgIpc) is 3.22. The molecule has 0 aliphatic heterocycles. The molecule has 8 heteroatoms. The lowest BCUT2D eigenvalue weighted by molar-refractivity contribution is -0.131. The topological polar surface area (TPSA) is 121 Å². The van der Waals surface area contributed by atoms with E-state index < -0.39 is 23.6 Å². The van der Waals surface area contributed by atoms with Crippen LogP contribution in [0, 0.1) is 5.92 Å². The number of carbonyl (C=O) groups is 2. The van der Waals surface area contributed by atoms with Gasteiger partial charge in [-0.05, 0) is 56.7 Å². The molecule has 3 atom stereocenters. The van der Waals surface area contributed by atoms with Crippen LogP contribution < -0.4 is 11.1 Å². The highest BCUT2D eigenvalue weighted by Crippen LogP contribution is 2.24. The molecule has 0 aliphatic carbocycles. The van der Waals surface area contributed by atoms with Crippen molar-refractivity contribution < 1.29 is 19.1 Å². The Morgan fingerprint density at radius 3 is 2.55 bits per heavy atom. The Hall–Kier alpha value is -3.26. The minimum Gasteiger partial charge on any atom is -0.393 e. The first-order valence-electron chi connectivity index (χ1n) is 11.2. The Bertz CT molecular complexity index is 1030. The molecule has 0 saturated heterocycles. The Morgan fingerprint density at radius 2 is 1.85 bits per heavy atom. The van der Waals surface area contributed by atoms with Gasteiger partial charge in [0, 0.05) is 5.92 Å². The molecule has 1 unspecified atom stereocenters. The fraction of sp³-hybridized carbons (Fsp3) is 0.400. The molecule has 0 bridgehead atoms. The van der Waals surface area contributed by atoms with E-state index in [-0.39, 0.29) is 31.7 Å². The van der Waals surface area contributed by atoms with Crippen molar-refractivity contribution in [2.24, 2.45) is 11.7 Å². The quantitative estimate of drug-likeness (QED) is 0.336. The van der Waals surface area contributed by atoms with Gasteiger partial charge >= 0.3 is 0 Å². The zero-order chi connectivity index (χ0) is 23.8. The van der Waals surface area contributed by atoms with Gasteiger partial charge in [0.2, 0.25) is 5.91 Å². The number of hydrogen-bond donors (Lipinski definition) is 4. The number of aliphatic hydroxyl groups is 1. The summed E-state index contributed by atoms with van der Waals surface area (Å²) in [6, 6.07) is 17.3. The maximum atomic E-state index is 14.4. The Labute approximate surface area is 192 Å². The van der Waals surface area contributed by atoms with Crippen LogP contribution in [-0.2, 0) is 22.6 Å². The number of aromatic nitrogens is 2. The molecular formula is C25H31FN4O3. The molecule has 1 heterocycles. The summed E-state index contributed by atoms with van der Waals surface area (Å²) < 4.78 is 14.4. The summed E-state index contributed by atoms with van der Waals surface area (Å²) in [5, 5.41) is 13.4. The van der Waals surface area contributed by atoms with Gasteiger partial charge in [0.1, 0.15) is 5.82 Å². The molecule has 0 spiro atoms. The first-order chi connectivity index (χ1) is 15.7. The maximum absolute atomic E-state index is 14.4. The lowest BCUT2D eigenvalue weighted by atomic mass is 9.88. The van der Waals surface area contributed by atoms with E-state index >= 15 is 0 Å². The monoisotopic (exact) mass is 454 g/mol. The van der Waals surface area contributed by atoms with Crippen LogP contribution in [0.5, 0.6) is 0 Å². The van der Waals surface area contributed by atoms with Gasteiger partial charge in [-0.25, -0.2) is 9.37 Å². The predicted octanol–water partition coefficient (Wildman–Crippen LogP) is 3.17. The van der Waals surface area contributed by atoms with Crippen LogP contribution in [-0.4, -0.2) is 38.7 Å². The number of imidazole rings is 1. The second kappa shape index (κ2) is 11.0. The first-order valence-corrected chi connectivity index (χ1v) is 11.2. The van der Waals surface area contributed by atoms with Crippen molar-refractivity contribution >= 4 is 22.8 Å². The molecule has 0 saturated carbocycles. The summed E-state index contributed by atoms with van der Waals surface area (Å²) >= 11 is 0. The average molecular weight is 455 g/mol. The van der Waals surface area contributed by atoms with Crippen molar-refractivity contribution in [3.8, 4) is 0 Å². The summed E-state index contributed by atoms with van der Waals surface area (Å²) in [4.78, 5) is 31.9. The van der Waals surface area contributed by atoms with Crippen molar-refractivity contribution in [2.75, 3.05) is 0 Å². The van der Waals surface area contributed by atoms with Crippen molar-refractivity contribution in [1.29, 1.82) is 0 Å². The van der Waals surface area contributed by atoms with Crippen LogP contribution in [0.3, 0.4) is 0 Å². The molecule has 0 fully saturated rings. The van der Waals surface area contributed by atoms with Crippen LogP contribution in [0.2, 0.25) is 0 Å². The number of nitrogens with two attached hydrogens (primary N) is 1. The first kappa shape index (κ1) is 24.4. The van der Waals surface area contributed by atoms with Gasteiger partial charge in [-0.1, -0.05) is 42.5 Å². The third-order valence-electron chi connectivity index (χ3n) is 5.88. The predicted molar refractivity (Wildman–Crippen MR) is 125 cm³/mol. The molecule has 176 valence electrons. The van der Waals surface area contributed by atoms with Crippen molar-refractivity contribution in [3.05, 3.63) is 66.0 Å². The van der Waals surface area contributed by atoms with Gasteiger partial charge in [0.25, 0.3) is 5.91 Å². The van der Waals surface area contributed by atoms with E-state index in [4.69, 9.17) is 5.73 Å². The number of benzene rings is 2. The van der Waals surface area contributed by atoms with Gasteiger partial charge in [0.05, 0.1) is 23.7 Å². The van der Waals surface area contributed by atoms with E-state index in [2.05, 4.69) is 15.3 Å². The SMILES string of the molecule is CC(F)(CC[C@H](C[C@@H](O)CCc1ccccc1)C(=O)NCc1nc2ccccc2[nH]1)C(N)=O. The highest BCUT2D eigenvalue weighted by Gasteiger charge is 2.33. The molecule has 33 heavy (non-hydrogen) atoms. The van der Waals surface area contributed by atoms with E-state index in [1.54, 1.807) is 0 Å². The number of alkyl halides is 1. The van der Waals surface area contributed by atoms with Crippen LogP contribution >= 0.6 is 0 Å². The van der Waals surface area contributed by atoms with E-state index in [1.165, 1.54) is 0 Å². The Morgan fingerprint density at radius 1 is 1.15 bits per heavy atom. The van der Waals surface area contributed by atoms with Gasteiger partial charge in [-0.15, -0.1) is 0 Å². The molecule has 3 aromatic rings. The molecular weight excluding hydrogens is 423 g/mol. The summed E-state index contributed by atoms with van der Waals surface area (Å²) in [6.07, 6.45) is 0.443. The smallest absolute Gasteiger partial charge is 0.254 e. The molecule has 7 nitrogen and oxygen atoms in total. The second-order valence-electron chi connectivity index (χ2n) is 8.63. The summed E-state index contributed by atoms with van der Waals surface area (Å²) in [5.74, 6) is -1.46. The molecule has 3 rings (SSSR count). The Kier molecular flexibility index (Phi) is 8.16. The zero-order valence-corrected chi connectivity index (χ0v) is 18.8. The van der Waals surface area contributed by atoms with E-state index in [1.807, 2.05) is 54.6 Å². The third kappa shape index (κ3) is 7.12. The molecule has 0 aliphatic rings.